The molecular formula is C10H16ClNO2. The van der Waals surface area contributed by atoms with Crippen molar-refractivity contribution < 1.29 is 9.84 Å². The van der Waals surface area contributed by atoms with Gasteiger partial charge in [-0.15, -0.1) is 12.4 Å². The van der Waals surface area contributed by atoms with Gasteiger partial charge in [0.25, 0.3) is 0 Å². The van der Waals surface area contributed by atoms with Crippen LogP contribution in [0.2, 0.25) is 0 Å². The Balaban J connectivity index is 0.00000169. The smallest absolute Gasteiger partial charge is 0.119 e. The molecule has 1 rings (SSSR count). The average molecular weight is 218 g/mol. The zero-order valence-electron chi connectivity index (χ0n) is 8.19. The number of rotatable bonds is 5. The first kappa shape index (κ1) is 13.2. The summed E-state index contributed by atoms with van der Waals surface area (Å²) in [7, 11) is 1.91. The fourth-order valence-electron chi connectivity index (χ4n) is 1.07. The molecule has 0 atom stereocenters. The lowest BCUT2D eigenvalue weighted by atomic mass is 10.2. The van der Waals surface area contributed by atoms with Gasteiger partial charge in [-0.05, 0) is 24.7 Å². The van der Waals surface area contributed by atoms with Crippen molar-refractivity contribution in [2.24, 2.45) is 0 Å². The monoisotopic (exact) mass is 217 g/mol. The quantitative estimate of drug-likeness (QED) is 0.779. The Bertz CT molecular complexity index is 238. The summed E-state index contributed by atoms with van der Waals surface area (Å²) in [6.45, 7) is 1.27. The molecule has 0 bridgehead atoms. The molecule has 0 heterocycles. The van der Waals surface area contributed by atoms with Crippen LogP contribution in [0, 0.1) is 0 Å². The summed E-state index contributed by atoms with van der Waals surface area (Å²) in [5, 5.41) is 11.6. The lowest BCUT2D eigenvalue weighted by Gasteiger charge is -2.05. The molecule has 1 aromatic carbocycles. The van der Waals surface area contributed by atoms with Gasteiger partial charge < -0.3 is 15.2 Å². The number of nitrogens with one attached hydrogen (secondary N) is 1. The van der Waals surface area contributed by atoms with Crippen molar-refractivity contribution in [1.29, 1.82) is 0 Å². The lowest BCUT2D eigenvalue weighted by molar-refractivity contribution is 0.201. The molecule has 0 aromatic heterocycles. The summed E-state index contributed by atoms with van der Waals surface area (Å²) in [5.41, 5.74) is 1.22. The first-order valence-electron chi connectivity index (χ1n) is 4.34. The zero-order chi connectivity index (χ0) is 9.52. The van der Waals surface area contributed by atoms with Gasteiger partial charge in [-0.25, -0.2) is 0 Å². The third-order valence-electron chi connectivity index (χ3n) is 1.66. The van der Waals surface area contributed by atoms with E-state index < -0.39 is 0 Å². The molecule has 0 saturated heterocycles. The van der Waals surface area contributed by atoms with Gasteiger partial charge in [0.1, 0.15) is 12.4 Å². The predicted molar refractivity (Wildman–Crippen MR) is 59.0 cm³/mol. The van der Waals surface area contributed by atoms with Crippen LogP contribution in [0.4, 0.5) is 0 Å². The third kappa shape index (κ3) is 4.46. The Kier molecular flexibility index (Phi) is 7.20. The Morgan fingerprint density at radius 1 is 1.29 bits per heavy atom. The van der Waals surface area contributed by atoms with Gasteiger partial charge in [0, 0.05) is 6.54 Å². The summed E-state index contributed by atoms with van der Waals surface area (Å²) in [5.74, 6) is 0.800. The van der Waals surface area contributed by atoms with E-state index in [9.17, 15) is 0 Å². The number of aliphatic hydroxyl groups is 1. The van der Waals surface area contributed by atoms with Crippen LogP contribution in [0.25, 0.3) is 0 Å². The summed E-state index contributed by atoms with van der Waals surface area (Å²) >= 11 is 0. The summed E-state index contributed by atoms with van der Waals surface area (Å²) in [4.78, 5) is 0. The lowest BCUT2D eigenvalue weighted by Crippen LogP contribution is -2.05. The van der Waals surface area contributed by atoms with Gasteiger partial charge in [-0.2, -0.15) is 0 Å². The molecule has 14 heavy (non-hydrogen) atoms. The molecule has 0 radical (unpaired) electrons. The second-order valence-corrected chi connectivity index (χ2v) is 2.75. The van der Waals surface area contributed by atoms with Gasteiger partial charge in [-0.3, -0.25) is 0 Å². The third-order valence-corrected chi connectivity index (χ3v) is 1.66. The molecule has 0 fully saturated rings. The number of ether oxygens (including phenoxy) is 1. The van der Waals surface area contributed by atoms with Crippen molar-refractivity contribution in [3.05, 3.63) is 29.8 Å². The van der Waals surface area contributed by atoms with Crippen molar-refractivity contribution in [2.75, 3.05) is 20.3 Å². The fraction of sp³-hybridized carbons (Fsp3) is 0.400. The minimum atomic E-state index is 0. The van der Waals surface area contributed by atoms with E-state index in [2.05, 4.69) is 5.32 Å². The van der Waals surface area contributed by atoms with Crippen LogP contribution in [0.1, 0.15) is 5.56 Å². The molecule has 3 nitrogen and oxygen atoms in total. The molecule has 0 aliphatic carbocycles. The van der Waals surface area contributed by atoms with E-state index in [1.165, 1.54) is 5.56 Å². The van der Waals surface area contributed by atoms with Gasteiger partial charge in [-0.1, -0.05) is 12.1 Å². The van der Waals surface area contributed by atoms with Crippen molar-refractivity contribution in [1.82, 2.24) is 5.32 Å². The molecular weight excluding hydrogens is 202 g/mol. The molecule has 4 heteroatoms. The molecule has 0 spiro atoms. The highest BCUT2D eigenvalue weighted by molar-refractivity contribution is 5.85. The van der Waals surface area contributed by atoms with Crippen LogP contribution in [-0.4, -0.2) is 25.4 Å². The highest BCUT2D eigenvalue weighted by Crippen LogP contribution is 2.11. The molecule has 80 valence electrons. The number of benzene rings is 1. The van der Waals surface area contributed by atoms with E-state index in [0.717, 1.165) is 12.3 Å². The van der Waals surface area contributed by atoms with E-state index in [1.54, 1.807) is 0 Å². The maximum Gasteiger partial charge on any atom is 0.119 e. The number of aliphatic hydroxyl groups excluding tert-OH is 1. The molecule has 0 unspecified atom stereocenters. The molecule has 0 saturated carbocycles. The number of hydrogen-bond donors (Lipinski definition) is 2. The van der Waals surface area contributed by atoms with Crippen LogP contribution in [0.5, 0.6) is 5.75 Å². The standard InChI is InChI=1S/C10H15NO2.ClH/c1-11-8-9-2-4-10(5-3-9)13-7-6-12;/h2-5,11-12H,6-8H2,1H3;1H. The van der Waals surface area contributed by atoms with Crippen molar-refractivity contribution in [3.8, 4) is 5.75 Å². The Hall–Kier alpha value is -0.770. The average Bonchev–Trinajstić information content (AvgIpc) is 2.17. The molecule has 0 amide bonds. The van der Waals surface area contributed by atoms with Crippen LogP contribution < -0.4 is 10.1 Å². The van der Waals surface area contributed by atoms with Gasteiger partial charge in [0.15, 0.2) is 0 Å². The molecule has 0 aliphatic rings. The molecule has 1 aromatic rings. The Labute approximate surface area is 90.5 Å². The zero-order valence-corrected chi connectivity index (χ0v) is 9.01. The van der Waals surface area contributed by atoms with Crippen molar-refractivity contribution in [3.63, 3.8) is 0 Å². The van der Waals surface area contributed by atoms with E-state index in [0.29, 0.717) is 6.61 Å². The number of hydrogen-bond acceptors (Lipinski definition) is 3. The van der Waals surface area contributed by atoms with Crippen molar-refractivity contribution in [2.45, 2.75) is 6.54 Å². The van der Waals surface area contributed by atoms with Crippen LogP contribution in [0.3, 0.4) is 0 Å². The van der Waals surface area contributed by atoms with E-state index >= 15 is 0 Å². The first-order valence-corrected chi connectivity index (χ1v) is 4.34. The second kappa shape index (κ2) is 7.62. The van der Waals surface area contributed by atoms with Gasteiger partial charge in [0.05, 0.1) is 6.61 Å². The van der Waals surface area contributed by atoms with Gasteiger partial charge in [0.2, 0.25) is 0 Å². The predicted octanol–water partition coefficient (Wildman–Crippen LogP) is 1.20. The van der Waals surface area contributed by atoms with Crippen LogP contribution >= 0.6 is 12.4 Å². The van der Waals surface area contributed by atoms with E-state index in [-0.39, 0.29) is 19.0 Å². The van der Waals surface area contributed by atoms with E-state index in [1.807, 2.05) is 31.3 Å². The van der Waals surface area contributed by atoms with Crippen LogP contribution in [0.15, 0.2) is 24.3 Å². The molecule has 0 aliphatic heterocycles. The SMILES string of the molecule is CNCc1ccc(OCCO)cc1.Cl. The summed E-state index contributed by atoms with van der Waals surface area (Å²) in [6, 6.07) is 7.82. The second-order valence-electron chi connectivity index (χ2n) is 2.75. The first-order chi connectivity index (χ1) is 6.36. The number of halogens is 1. The Morgan fingerprint density at radius 3 is 2.43 bits per heavy atom. The van der Waals surface area contributed by atoms with Crippen molar-refractivity contribution >= 4 is 12.4 Å². The van der Waals surface area contributed by atoms with Gasteiger partial charge >= 0.3 is 0 Å². The normalized spacial score (nSPS) is 9.29. The summed E-state index contributed by atoms with van der Waals surface area (Å²) < 4.78 is 5.22. The largest absolute Gasteiger partial charge is 0.491 e. The highest BCUT2D eigenvalue weighted by atomic mass is 35.5. The van der Waals surface area contributed by atoms with Crippen LogP contribution in [-0.2, 0) is 6.54 Å². The van der Waals surface area contributed by atoms with E-state index in [4.69, 9.17) is 9.84 Å². The Morgan fingerprint density at radius 2 is 1.93 bits per heavy atom. The summed E-state index contributed by atoms with van der Waals surface area (Å²) in [6.07, 6.45) is 0. The minimum Gasteiger partial charge on any atom is -0.491 e. The molecule has 2 N–H and O–H groups in total. The fourth-order valence-corrected chi connectivity index (χ4v) is 1.07. The maximum absolute atomic E-state index is 8.53. The minimum absolute atomic E-state index is 0. The highest BCUT2D eigenvalue weighted by Gasteiger charge is 1.93. The maximum atomic E-state index is 8.53. The topological polar surface area (TPSA) is 41.5 Å².